The number of cyclic esters (lactones) is 1. The average Bonchev–Trinajstić information content (AvgIpc) is 3.38. The zero-order chi connectivity index (χ0) is 26.4. The summed E-state index contributed by atoms with van der Waals surface area (Å²) in [7, 11) is 1.35. The molecular formula is C28H35N3O5S. The molecule has 1 aromatic carbocycles. The van der Waals surface area contributed by atoms with Gasteiger partial charge in [0, 0.05) is 37.0 Å². The topological polar surface area (TPSA) is 102 Å². The van der Waals surface area contributed by atoms with Gasteiger partial charge in [0.25, 0.3) is 5.91 Å². The van der Waals surface area contributed by atoms with Gasteiger partial charge in [0.05, 0.1) is 28.7 Å². The number of amides is 1. The van der Waals surface area contributed by atoms with Crippen LogP contribution in [0.3, 0.4) is 0 Å². The number of rotatable bonds is 4. The Morgan fingerprint density at radius 1 is 1.14 bits per heavy atom. The van der Waals surface area contributed by atoms with Gasteiger partial charge in [-0.15, -0.1) is 11.3 Å². The lowest BCUT2D eigenvalue weighted by Gasteiger charge is -2.44. The second kappa shape index (κ2) is 9.76. The van der Waals surface area contributed by atoms with Gasteiger partial charge in [-0.25, -0.2) is 4.79 Å². The molecule has 1 amide bonds. The first kappa shape index (κ1) is 25.7. The quantitative estimate of drug-likeness (QED) is 0.597. The Labute approximate surface area is 221 Å². The van der Waals surface area contributed by atoms with E-state index in [0.717, 1.165) is 55.6 Å². The largest absolute Gasteiger partial charge is 0.465 e. The zero-order valence-corrected chi connectivity index (χ0v) is 22.6. The maximum Gasteiger partial charge on any atom is 0.337 e. The maximum atomic E-state index is 13.4. The zero-order valence-electron chi connectivity index (χ0n) is 21.7. The van der Waals surface area contributed by atoms with Crippen molar-refractivity contribution in [1.29, 1.82) is 0 Å². The Balaban J connectivity index is 1.21. The Kier molecular flexibility index (Phi) is 6.79. The molecule has 1 spiro atoms. The summed E-state index contributed by atoms with van der Waals surface area (Å²) >= 11 is 1.38. The summed E-state index contributed by atoms with van der Waals surface area (Å²) in [5.74, 6) is -0.470. The molecule has 1 aromatic heterocycles. The highest BCUT2D eigenvalue weighted by atomic mass is 32.1. The smallest absolute Gasteiger partial charge is 0.337 e. The number of esters is 2. The van der Waals surface area contributed by atoms with Crippen molar-refractivity contribution in [3.63, 3.8) is 0 Å². The Hall–Kier alpha value is -2.91. The predicted molar refractivity (Wildman–Crippen MR) is 142 cm³/mol. The Bertz CT molecular complexity index is 1200. The van der Waals surface area contributed by atoms with Gasteiger partial charge in [-0.3, -0.25) is 14.5 Å². The van der Waals surface area contributed by atoms with Crippen molar-refractivity contribution in [2.75, 3.05) is 39.0 Å². The van der Waals surface area contributed by atoms with E-state index < -0.39 is 5.60 Å². The SMILES string of the molecule is COC(=O)c1ccc(-c2cc(C(=O)N3CCC(N4CCCC5(C4)CC(C)(C)OC5=O)CC3)c(N)s2)cc1. The van der Waals surface area contributed by atoms with Crippen molar-refractivity contribution in [3.8, 4) is 10.4 Å². The van der Waals surface area contributed by atoms with Gasteiger partial charge < -0.3 is 20.1 Å². The van der Waals surface area contributed by atoms with Crippen LogP contribution in [0.2, 0.25) is 0 Å². The van der Waals surface area contributed by atoms with Crippen LogP contribution in [0, 0.1) is 5.41 Å². The van der Waals surface area contributed by atoms with Crippen LogP contribution in [0.4, 0.5) is 5.00 Å². The molecule has 198 valence electrons. The van der Waals surface area contributed by atoms with Crippen molar-refractivity contribution >= 4 is 34.2 Å². The van der Waals surface area contributed by atoms with Crippen LogP contribution < -0.4 is 5.73 Å². The van der Waals surface area contributed by atoms with Gasteiger partial charge in [-0.2, -0.15) is 0 Å². The van der Waals surface area contributed by atoms with E-state index in [1.54, 1.807) is 12.1 Å². The van der Waals surface area contributed by atoms with E-state index in [9.17, 15) is 14.4 Å². The van der Waals surface area contributed by atoms with Gasteiger partial charge in [-0.1, -0.05) is 12.1 Å². The number of nitrogen functional groups attached to an aromatic ring is 1. The van der Waals surface area contributed by atoms with Crippen molar-refractivity contribution in [2.24, 2.45) is 5.41 Å². The average molecular weight is 526 g/mol. The van der Waals surface area contributed by atoms with Crippen LogP contribution in [-0.2, 0) is 14.3 Å². The number of methoxy groups -OCH3 is 1. The summed E-state index contributed by atoms with van der Waals surface area (Å²) in [4.78, 5) is 43.1. The summed E-state index contributed by atoms with van der Waals surface area (Å²) in [6.45, 7) is 7.08. The van der Waals surface area contributed by atoms with Crippen molar-refractivity contribution < 1.29 is 23.9 Å². The third-order valence-corrected chi connectivity index (χ3v) is 9.04. The fourth-order valence-electron chi connectivity index (χ4n) is 6.28. The van der Waals surface area contributed by atoms with E-state index >= 15 is 0 Å². The summed E-state index contributed by atoms with van der Waals surface area (Å²) < 4.78 is 10.4. The highest BCUT2D eigenvalue weighted by Crippen LogP contribution is 2.47. The molecule has 2 aromatic rings. The fraction of sp³-hybridized carbons (Fsp3) is 0.536. The molecule has 1 unspecified atom stereocenters. The molecule has 3 fully saturated rings. The number of nitrogens with two attached hydrogens (primary N) is 1. The lowest BCUT2D eigenvalue weighted by Crippen LogP contribution is -2.53. The van der Waals surface area contributed by atoms with E-state index in [1.165, 1.54) is 18.4 Å². The molecule has 3 aliphatic heterocycles. The molecule has 9 heteroatoms. The molecule has 0 aliphatic carbocycles. The fourth-order valence-corrected chi connectivity index (χ4v) is 7.20. The number of piperidine rings is 2. The summed E-state index contributed by atoms with van der Waals surface area (Å²) in [5, 5.41) is 0.500. The Morgan fingerprint density at radius 3 is 2.46 bits per heavy atom. The highest BCUT2D eigenvalue weighted by molar-refractivity contribution is 7.19. The molecule has 3 aliphatic rings. The number of thiophene rings is 1. The second-order valence-electron chi connectivity index (χ2n) is 11.2. The van der Waals surface area contributed by atoms with E-state index in [4.69, 9.17) is 15.2 Å². The standard InChI is InChI=1S/C28H35N3O5S/c1-27(2)16-28(26(34)36-27)11-4-12-31(17-28)20-9-13-30(14-10-20)24(32)21-15-22(37-23(21)29)18-5-7-19(8-6-18)25(33)35-3/h5-8,15,20H,4,9-14,16-17,29H2,1-3H3. The molecule has 5 rings (SSSR count). The van der Waals surface area contributed by atoms with Crippen molar-refractivity contribution in [1.82, 2.24) is 9.80 Å². The molecule has 8 nitrogen and oxygen atoms in total. The minimum absolute atomic E-state index is 0.0409. The minimum Gasteiger partial charge on any atom is -0.465 e. The molecule has 0 bridgehead atoms. The maximum absolute atomic E-state index is 13.4. The third kappa shape index (κ3) is 4.99. The van der Waals surface area contributed by atoms with Crippen LogP contribution in [0.15, 0.2) is 30.3 Å². The number of ether oxygens (including phenoxy) is 2. The number of likely N-dealkylation sites (tertiary alicyclic amines) is 2. The van der Waals surface area contributed by atoms with Gasteiger partial charge in [0.15, 0.2) is 0 Å². The number of nitrogens with zero attached hydrogens (tertiary/aromatic N) is 2. The van der Waals surface area contributed by atoms with Crippen LogP contribution in [-0.4, -0.2) is 72.6 Å². The van der Waals surface area contributed by atoms with Crippen molar-refractivity contribution in [2.45, 2.75) is 57.6 Å². The summed E-state index contributed by atoms with van der Waals surface area (Å²) in [6, 6.07) is 9.30. The molecule has 1 atom stereocenters. The van der Waals surface area contributed by atoms with Gasteiger partial charge in [0.2, 0.25) is 0 Å². The molecule has 0 saturated carbocycles. The second-order valence-corrected chi connectivity index (χ2v) is 12.2. The summed E-state index contributed by atoms with van der Waals surface area (Å²) in [5.41, 5.74) is 7.41. The molecule has 0 radical (unpaired) electrons. The van der Waals surface area contributed by atoms with E-state index in [1.807, 2.05) is 36.9 Å². The molecule has 2 N–H and O–H groups in total. The van der Waals surface area contributed by atoms with E-state index in [2.05, 4.69) is 4.90 Å². The molecule has 4 heterocycles. The number of carbonyl (C=O) groups excluding carboxylic acids is 3. The first-order chi connectivity index (χ1) is 17.6. The van der Waals surface area contributed by atoms with E-state index in [-0.39, 0.29) is 23.3 Å². The van der Waals surface area contributed by atoms with Gasteiger partial charge >= 0.3 is 11.9 Å². The number of hydrogen-bond acceptors (Lipinski definition) is 8. The van der Waals surface area contributed by atoms with Gasteiger partial charge in [-0.05, 0) is 69.8 Å². The van der Waals surface area contributed by atoms with Crippen molar-refractivity contribution in [3.05, 3.63) is 41.5 Å². The number of carbonyl (C=O) groups is 3. The van der Waals surface area contributed by atoms with Crippen LogP contribution in [0.25, 0.3) is 10.4 Å². The third-order valence-electron chi connectivity index (χ3n) is 8.02. The summed E-state index contributed by atoms with van der Waals surface area (Å²) in [6.07, 6.45) is 4.43. The lowest BCUT2D eigenvalue weighted by atomic mass is 9.74. The first-order valence-electron chi connectivity index (χ1n) is 13.0. The van der Waals surface area contributed by atoms with Crippen LogP contribution in [0.5, 0.6) is 0 Å². The molecule has 3 saturated heterocycles. The molecular weight excluding hydrogens is 490 g/mol. The number of hydrogen-bond donors (Lipinski definition) is 1. The number of anilines is 1. The highest BCUT2D eigenvalue weighted by Gasteiger charge is 2.54. The Morgan fingerprint density at radius 2 is 1.84 bits per heavy atom. The lowest BCUT2D eigenvalue weighted by molar-refractivity contribution is -0.154. The first-order valence-corrected chi connectivity index (χ1v) is 13.8. The normalized spacial score (nSPS) is 24.3. The van der Waals surface area contributed by atoms with Crippen LogP contribution >= 0.6 is 11.3 Å². The minimum atomic E-state index is -0.390. The van der Waals surface area contributed by atoms with Gasteiger partial charge in [0.1, 0.15) is 5.60 Å². The van der Waals surface area contributed by atoms with Crippen LogP contribution in [0.1, 0.15) is 66.7 Å². The van der Waals surface area contributed by atoms with E-state index in [0.29, 0.717) is 35.3 Å². The number of benzene rings is 1. The monoisotopic (exact) mass is 525 g/mol. The predicted octanol–water partition coefficient (Wildman–Crippen LogP) is 4.20. The molecule has 37 heavy (non-hydrogen) atoms.